The average molecular weight is 129 g/mol. The van der Waals surface area contributed by atoms with Gasteiger partial charge in [-0.25, -0.2) is 0 Å². The van der Waals surface area contributed by atoms with Crippen molar-refractivity contribution in [3.63, 3.8) is 0 Å². The van der Waals surface area contributed by atoms with Crippen molar-refractivity contribution in [1.82, 2.24) is 5.32 Å². The molecule has 1 rings (SSSR count). The second-order valence-corrected chi connectivity index (χ2v) is 3.00. The maximum atomic E-state index is 9.23. The topological polar surface area (TPSA) is 32.3 Å². The van der Waals surface area contributed by atoms with E-state index in [4.69, 9.17) is 0 Å². The maximum Gasteiger partial charge on any atom is 0.0691 e. The Morgan fingerprint density at radius 2 is 2.00 bits per heavy atom. The van der Waals surface area contributed by atoms with Crippen LogP contribution in [0, 0.1) is 0 Å². The molecule has 0 saturated carbocycles. The number of aliphatic hydroxyl groups is 1. The first-order valence-electron chi connectivity index (χ1n) is 3.64. The van der Waals surface area contributed by atoms with E-state index in [1.807, 2.05) is 6.92 Å². The van der Waals surface area contributed by atoms with Crippen LogP contribution in [-0.2, 0) is 0 Å². The Hall–Kier alpha value is -0.0800. The van der Waals surface area contributed by atoms with Crippen molar-refractivity contribution in [2.45, 2.75) is 44.9 Å². The highest BCUT2D eigenvalue weighted by molar-refractivity contribution is 4.80. The lowest BCUT2D eigenvalue weighted by Gasteiger charge is -2.30. The first-order valence-corrected chi connectivity index (χ1v) is 3.64. The first kappa shape index (κ1) is 7.03. The molecule has 0 radical (unpaired) electrons. The summed E-state index contributed by atoms with van der Waals surface area (Å²) in [5.74, 6) is 0. The van der Waals surface area contributed by atoms with Crippen molar-refractivity contribution in [2.24, 2.45) is 0 Å². The van der Waals surface area contributed by atoms with Crippen molar-refractivity contribution in [1.29, 1.82) is 0 Å². The molecular formula is C7H15NO. The van der Waals surface area contributed by atoms with Crippen molar-refractivity contribution in [3.05, 3.63) is 0 Å². The Morgan fingerprint density at radius 1 is 1.33 bits per heavy atom. The van der Waals surface area contributed by atoms with Crippen molar-refractivity contribution >= 4 is 0 Å². The lowest BCUT2D eigenvalue weighted by atomic mass is 9.98. The summed E-state index contributed by atoms with van der Waals surface area (Å²) in [6.07, 6.45) is 1.93. The van der Waals surface area contributed by atoms with Crippen LogP contribution in [0.15, 0.2) is 0 Å². The van der Waals surface area contributed by atoms with Crippen LogP contribution in [0.2, 0.25) is 0 Å². The van der Waals surface area contributed by atoms with Gasteiger partial charge in [0.15, 0.2) is 0 Å². The Balaban J connectivity index is 2.35. The van der Waals surface area contributed by atoms with E-state index in [1.54, 1.807) is 0 Å². The van der Waals surface area contributed by atoms with Crippen LogP contribution in [0.1, 0.15) is 26.7 Å². The summed E-state index contributed by atoms with van der Waals surface area (Å²) < 4.78 is 0. The van der Waals surface area contributed by atoms with Gasteiger partial charge in [-0.2, -0.15) is 0 Å². The molecule has 0 aliphatic carbocycles. The first-order chi connectivity index (χ1) is 4.20. The normalized spacial score (nSPS) is 45.0. The van der Waals surface area contributed by atoms with Gasteiger partial charge in [-0.05, 0) is 26.7 Å². The van der Waals surface area contributed by atoms with Crippen LogP contribution in [-0.4, -0.2) is 23.3 Å². The molecule has 1 aliphatic heterocycles. The Bertz CT molecular complexity index is 94.9. The third-order valence-electron chi connectivity index (χ3n) is 2.02. The van der Waals surface area contributed by atoms with Gasteiger partial charge in [-0.1, -0.05) is 0 Å². The van der Waals surface area contributed by atoms with Gasteiger partial charge in [0, 0.05) is 12.1 Å². The molecule has 1 saturated heterocycles. The van der Waals surface area contributed by atoms with Crippen LogP contribution in [0.3, 0.4) is 0 Å². The summed E-state index contributed by atoms with van der Waals surface area (Å²) in [5.41, 5.74) is 0. The van der Waals surface area contributed by atoms with Gasteiger partial charge in [0.25, 0.3) is 0 Å². The number of hydrogen-bond donors (Lipinski definition) is 2. The molecule has 1 heterocycles. The van der Waals surface area contributed by atoms with Gasteiger partial charge in [-0.3, -0.25) is 0 Å². The molecule has 0 aromatic carbocycles. The smallest absolute Gasteiger partial charge is 0.0691 e. The number of rotatable bonds is 0. The van der Waals surface area contributed by atoms with Crippen molar-refractivity contribution < 1.29 is 5.11 Å². The predicted octanol–water partition coefficient (Wildman–Crippen LogP) is 0.508. The summed E-state index contributed by atoms with van der Waals surface area (Å²) in [6.45, 7) is 4.18. The zero-order chi connectivity index (χ0) is 6.85. The van der Waals surface area contributed by atoms with E-state index in [9.17, 15) is 5.11 Å². The number of nitrogens with one attached hydrogen (secondary N) is 1. The fourth-order valence-corrected chi connectivity index (χ4v) is 1.31. The molecule has 0 bridgehead atoms. The minimum absolute atomic E-state index is 0.124. The van der Waals surface area contributed by atoms with Gasteiger partial charge in [0.2, 0.25) is 0 Å². The zero-order valence-corrected chi connectivity index (χ0v) is 6.09. The van der Waals surface area contributed by atoms with E-state index in [-0.39, 0.29) is 12.1 Å². The van der Waals surface area contributed by atoms with Crippen LogP contribution in [0.25, 0.3) is 0 Å². The van der Waals surface area contributed by atoms with Gasteiger partial charge >= 0.3 is 0 Å². The molecular weight excluding hydrogens is 114 g/mol. The number of piperidine rings is 1. The standard InChI is InChI=1S/C7H15NO/c1-5-3-4-7(9)6(2)8-5/h5-9H,3-4H2,1-2H3. The molecule has 9 heavy (non-hydrogen) atoms. The zero-order valence-electron chi connectivity index (χ0n) is 6.09. The lowest BCUT2D eigenvalue weighted by Crippen LogP contribution is -2.47. The average Bonchev–Trinajstić information content (AvgIpc) is 1.80. The fraction of sp³-hybridized carbons (Fsp3) is 1.00. The number of hydrogen-bond acceptors (Lipinski definition) is 2. The summed E-state index contributed by atoms with van der Waals surface area (Å²) in [5, 5.41) is 12.5. The second-order valence-electron chi connectivity index (χ2n) is 3.00. The fourth-order valence-electron chi connectivity index (χ4n) is 1.31. The third-order valence-corrected chi connectivity index (χ3v) is 2.02. The van der Waals surface area contributed by atoms with Gasteiger partial charge < -0.3 is 10.4 Å². The quantitative estimate of drug-likeness (QED) is 0.499. The molecule has 1 aliphatic rings. The van der Waals surface area contributed by atoms with Crippen LogP contribution >= 0.6 is 0 Å². The summed E-state index contributed by atoms with van der Waals surface area (Å²) in [6, 6.07) is 0.872. The monoisotopic (exact) mass is 129 g/mol. The molecule has 1 fully saturated rings. The van der Waals surface area contributed by atoms with Crippen molar-refractivity contribution in [3.8, 4) is 0 Å². The molecule has 3 unspecified atom stereocenters. The molecule has 0 amide bonds. The number of aliphatic hydroxyl groups excluding tert-OH is 1. The van der Waals surface area contributed by atoms with E-state index in [0.717, 1.165) is 12.8 Å². The van der Waals surface area contributed by atoms with E-state index in [1.165, 1.54) is 0 Å². The molecule has 2 nitrogen and oxygen atoms in total. The van der Waals surface area contributed by atoms with Crippen LogP contribution < -0.4 is 5.32 Å². The molecule has 0 aromatic rings. The van der Waals surface area contributed by atoms with E-state index in [0.29, 0.717) is 6.04 Å². The largest absolute Gasteiger partial charge is 0.392 e. The highest BCUT2D eigenvalue weighted by atomic mass is 16.3. The molecule has 3 atom stereocenters. The van der Waals surface area contributed by atoms with Gasteiger partial charge in [0.1, 0.15) is 0 Å². The highest BCUT2D eigenvalue weighted by Crippen LogP contribution is 2.11. The second kappa shape index (κ2) is 2.67. The molecule has 0 aromatic heterocycles. The Morgan fingerprint density at radius 3 is 2.44 bits per heavy atom. The predicted molar refractivity (Wildman–Crippen MR) is 37.3 cm³/mol. The summed E-state index contributed by atoms with van der Waals surface area (Å²) >= 11 is 0. The Labute approximate surface area is 56.3 Å². The minimum atomic E-state index is -0.124. The van der Waals surface area contributed by atoms with E-state index >= 15 is 0 Å². The van der Waals surface area contributed by atoms with Gasteiger partial charge in [0.05, 0.1) is 6.10 Å². The SMILES string of the molecule is CC1CCC(O)C(C)N1. The maximum absolute atomic E-state index is 9.23. The minimum Gasteiger partial charge on any atom is -0.392 e. The summed E-state index contributed by atoms with van der Waals surface area (Å²) in [7, 11) is 0. The molecule has 54 valence electrons. The van der Waals surface area contributed by atoms with Gasteiger partial charge in [-0.15, -0.1) is 0 Å². The molecule has 2 heteroatoms. The van der Waals surface area contributed by atoms with Crippen LogP contribution in [0.4, 0.5) is 0 Å². The van der Waals surface area contributed by atoms with E-state index in [2.05, 4.69) is 12.2 Å². The highest BCUT2D eigenvalue weighted by Gasteiger charge is 2.21. The molecule has 2 N–H and O–H groups in total. The van der Waals surface area contributed by atoms with Crippen LogP contribution in [0.5, 0.6) is 0 Å². The van der Waals surface area contributed by atoms with E-state index < -0.39 is 0 Å². The molecule has 0 spiro atoms. The summed E-state index contributed by atoms with van der Waals surface area (Å²) in [4.78, 5) is 0. The van der Waals surface area contributed by atoms with Crippen molar-refractivity contribution in [2.75, 3.05) is 0 Å². The Kier molecular flexibility index (Phi) is 2.09. The third kappa shape index (κ3) is 1.66. The lowest BCUT2D eigenvalue weighted by molar-refractivity contribution is 0.0901.